The molecule has 0 amide bonds. The van der Waals surface area contributed by atoms with Crippen molar-refractivity contribution in [1.29, 1.82) is 0 Å². The molecule has 4 aromatic rings. The Balaban J connectivity index is 1.78. The largest absolute Gasteiger partial charge is 0.381 e. The fourth-order valence-corrected chi connectivity index (χ4v) is 4.00. The summed E-state index contributed by atoms with van der Waals surface area (Å²) in [5.41, 5.74) is 4.12. The molecule has 0 aliphatic carbocycles. The summed E-state index contributed by atoms with van der Waals surface area (Å²) < 4.78 is 22.5. The fraction of sp³-hybridized carbons (Fsp3) is 0.286. The SMILES string of the molecule is CC(=O)n1ncc2nc3c(cc(C4CCOCC4)n3-c3ccc(F)cc3)cc21. The monoisotopic (exact) mass is 378 g/mol. The number of hydrogen-bond donors (Lipinski definition) is 0. The molecule has 0 N–H and O–H groups in total. The zero-order valence-corrected chi connectivity index (χ0v) is 15.4. The molecule has 6 nitrogen and oxygen atoms in total. The van der Waals surface area contributed by atoms with E-state index in [1.54, 1.807) is 18.3 Å². The van der Waals surface area contributed by atoms with Crippen LogP contribution >= 0.6 is 0 Å². The Labute approximate surface area is 160 Å². The third-order valence-electron chi connectivity index (χ3n) is 5.36. The van der Waals surface area contributed by atoms with Crippen LogP contribution in [0, 0.1) is 5.82 Å². The smallest absolute Gasteiger partial charge is 0.244 e. The van der Waals surface area contributed by atoms with Crippen molar-refractivity contribution >= 4 is 28.0 Å². The van der Waals surface area contributed by atoms with Crippen LogP contribution in [0.3, 0.4) is 0 Å². The minimum absolute atomic E-state index is 0.154. The number of fused-ring (bicyclic) bond motifs is 2. The summed E-state index contributed by atoms with van der Waals surface area (Å²) in [5.74, 6) is -0.0925. The average Bonchev–Trinajstić information content (AvgIpc) is 3.28. The van der Waals surface area contributed by atoms with Gasteiger partial charge < -0.3 is 4.74 Å². The first kappa shape index (κ1) is 17.1. The van der Waals surface area contributed by atoms with E-state index >= 15 is 0 Å². The lowest BCUT2D eigenvalue weighted by Crippen LogP contribution is -2.16. The lowest BCUT2D eigenvalue weighted by atomic mass is 9.96. The average molecular weight is 378 g/mol. The van der Waals surface area contributed by atoms with Gasteiger partial charge in [-0.3, -0.25) is 9.36 Å². The van der Waals surface area contributed by atoms with Crippen molar-refractivity contribution in [2.75, 3.05) is 13.2 Å². The van der Waals surface area contributed by atoms with Crippen molar-refractivity contribution in [2.24, 2.45) is 0 Å². The summed E-state index contributed by atoms with van der Waals surface area (Å²) in [7, 11) is 0. The molecule has 1 fully saturated rings. The van der Waals surface area contributed by atoms with Gasteiger partial charge in [-0.1, -0.05) is 0 Å². The second kappa shape index (κ2) is 6.53. The molecule has 5 rings (SSSR count). The third kappa shape index (κ3) is 2.70. The number of ether oxygens (including phenoxy) is 1. The number of halogens is 1. The Morgan fingerprint density at radius 1 is 1.18 bits per heavy atom. The summed E-state index contributed by atoms with van der Waals surface area (Å²) in [6.07, 6.45) is 3.46. The van der Waals surface area contributed by atoms with Crippen LogP contribution in [0.2, 0.25) is 0 Å². The van der Waals surface area contributed by atoms with E-state index in [2.05, 4.69) is 15.7 Å². The van der Waals surface area contributed by atoms with E-state index in [9.17, 15) is 9.18 Å². The van der Waals surface area contributed by atoms with E-state index in [0.29, 0.717) is 17.0 Å². The fourth-order valence-electron chi connectivity index (χ4n) is 4.00. The van der Waals surface area contributed by atoms with E-state index in [0.717, 1.165) is 48.5 Å². The molecule has 0 unspecified atom stereocenters. The molecule has 0 atom stereocenters. The molecule has 28 heavy (non-hydrogen) atoms. The van der Waals surface area contributed by atoms with Crippen molar-refractivity contribution in [3.05, 3.63) is 54.1 Å². The Bertz CT molecular complexity index is 1190. The van der Waals surface area contributed by atoms with Gasteiger partial charge in [-0.15, -0.1) is 0 Å². The predicted octanol–water partition coefficient (Wildman–Crippen LogP) is 4.07. The molecule has 4 heterocycles. The minimum Gasteiger partial charge on any atom is -0.381 e. The lowest BCUT2D eigenvalue weighted by Gasteiger charge is -2.23. The van der Waals surface area contributed by atoms with Crippen LogP contribution in [0.4, 0.5) is 4.39 Å². The van der Waals surface area contributed by atoms with Gasteiger partial charge in [0.25, 0.3) is 0 Å². The highest BCUT2D eigenvalue weighted by molar-refractivity contribution is 5.95. The Kier molecular flexibility index (Phi) is 3.98. The highest BCUT2D eigenvalue weighted by Gasteiger charge is 2.23. The molecular weight excluding hydrogens is 359 g/mol. The van der Waals surface area contributed by atoms with Crippen LogP contribution < -0.4 is 0 Å². The zero-order chi connectivity index (χ0) is 19.3. The highest BCUT2D eigenvalue weighted by atomic mass is 19.1. The van der Waals surface area contributed by atoms with E-state index in [-0.39, 0.29) is 11.7 Å². The quantitative estimate of drug-likeness (QED) is 0.528. The maximum absolute atomic E-state index is 13.5. The van der Waals surface area contributed by atoms with Crippen molar-refractivity contribution in [3.8, 4) is 5.69 Å². The second-order valence-corrected chi connectivity index (χ2v) is 7.15. The molecule has 3 aromatic heterocycles. The molecule has 0 spiro atoms. The predicted molar refractivity (Wildman–Crippen MR) is 103 cm³/mol. The molecule has 1 aromatic carbocycles. The Hall–Kier alpha value is -3.06. The summed E-state index contributed by atoms with van der Waals surface area (Å²) in [6.45, 7) is 2.93. The number of aromatic nitrogens is 4. The second-order valence-electron chi connectivity index (χ2n) is 7.15. The molecule has 142 valence electrons. The molecule has 1 aliphatic rings. The molecule has 0 bridgehead atoms. The summed E-state index contributed by atoms with van der Waals surface area (Å²) in [6, 6.07) is 10.5. The number of carbonyl (C=O) groups excluding carboxylic acids is 1. The van der Waals surface area contributed by atoms with Gasteiger partial charge in [0.05, 0.1) is 11.7 Å². The van der Waals surface area contributed by atoms with Crippen molar-refractivity contribution < 1.29 is 13.9 Å². The number of pyridine rings is 1. The van der Waals surface area contributed by atoms with Gasteiger partial charge in [0.15, 0.2) is 0 Å². The zero-order valence-electron chi connectivity index (χ0n) is 15.4. The maximum Gasteiger partial charge on any atom is 0.244 e. The minimum atomic E-state index is -0.272. The number of nitrogens with zero attached hydrogens (tertiary/aromatic N) is 4. The molecule has 0 radical (unpaired) electrons. The van der Waals surface area contributed by atoms with Gasteiger partial charge >= 0.3 is 0 Å². The Morgan fingerprint density at radius 3 is 2.64 bits per heavy atom. The van der Waals surface area contributed by atoms with Gasteiger partial charge in [0.1, 0.15) is 17.0 Å². The summed E-state index contributed by atoms with van der Waals surface area (Å²) in [5, 5.41) is 5.08. The summed E-state index contributed by atoms with van der Waals surface area (Å²) >= 11 is 0. The van der Waals surface area contributed by atoms with E-state index in [4.69, 9.17) is 9.72 Å². The highest BCUT2D eigenvalue weighted by Crippen LogP contribution is 2.34. The third-order valence-corrected chi connectivity index (χ3v) is 5.36. The first-order valence-electron chi connectivity index (χ1n) is 9.36. The topological polar surface area (TPSA) is 61.9 Å². The van der Waals surface area contributed by atoms with Crippen molar-refractivity contribution in [2.45, 2.75) is 25.7 Å². The van der Waals surface area contributed by atoms with Crippen LogP contribution in [0.15, 0.2) is 42.6 Å². The van der Waals surface area contributed by atoms with E-state index in [1.165, 1.54) is 23.7 Å². The standard InChI is InChI=1S/C21H19FN4O2/c1-13(27)26-20-11-15-10-19(14-6-8-28-9-7-14)25(17-4-2-16(22)3-5-17)21(15)24-18(20)12-23-26/h2-5,10-12,14H,6-9H2,1H3. The molecule has 1 aliphatic heterocycles. The molecule has 7 heteroatoms. The van der Waals surface area contributed by atoms with Crippen LogP contribution in [-0.2, 0) is 4.74 Å². The number of hydrogen-bond acceptors (Lipinski definition) is 4. The first-order chi connectivity index (χ1) is 13.6. The van der Waals surface area contributed by atoms with Crippen LogP contribution in [-0.4, -0.2) is 38.5 Å². The van der Waals surface area contributed by atoms with Crippen molar-refractivity contribution in [3.63, 3.8) is 0 Å². The normalized spacial score (nSPS) is 15.5. The Morgan fingerprint density at radius 2 is 1.93 bits per heavy atom. The van der Waals surface area contributed by atoms with Crippen LogP contribution in [0.1, 0.15) is 36.2 Å². The number of rotatable bonds is 2. The molecule has 1 saturated heterocycles. The number of benzene rings is 1. The maximum atomic E-state index is 13.5. The van der Waals surface area contributed by atoms with Crippen LogP contribution in [0.25, 0.3) is 27.8 Å². The van der Waals surface area contributed by atoms with Gasteiger partial charge in [-0.05, 0) is 49.2 Å². The van der Waals surface area contributed by atoms with Gasteiger partial charge in [-0.2, -0.15) is 9.78 Å². The van der Waals surface area contributed by atoms with E-state index in [1.807, 2.05) is 6.07 Å². The van der Waals surface area contributed by atoms with Gasteiger partial charge in [0.2, 0.25) is 5.91 Å². The molecular formula is C21H19FN4O2. The van der Waals surface area contributed by atoms with Gasteiger partial charge in [-0.25, -0.2) is 9.37 Å². The first-order valence-corrected chi connectivity index (χ1v) is 9.36. The van der Waals surface area contributed by atoms with Crippen molar-refractivity contribution in [1.82, 2.24) is 19.3 Å². The van der Waals surface area contributed by atoms with Crippen LogP contribution in [0.5, 0.6) is 0 Å². The molecule has 0 saturated carbocycles. The van der Waals surface area contributed by atoms with E-state index < -0.39 is 0 Å². The lowest BCUT2D eigenvalue weighted by molar-refractivity contribution is 0.0842. The summed E-state index contributed by atoms with van der Waals surface area (Å²) in [4.78, 5) is 16.6. The number of carbonyl (C=O) groups is 1. The van der Waals surface area contributed by atoms with Gasteiger partial charge in [0, 0.05) is 42.8 Å².